The Morgan fingerprint density at radius 2 is 1.74 bits per heavy atom. The van der Waals surface area contributed by atoms with Crippen LogP contribution in [0.1, 0.15) is 0 Å². The number of rotatable bonds is 8. The molecule has 0 aromatic heterocycles. The number of carbonyl (C=O) groups excluding carboxylic acids is 1. The number of anilines is 1. The largest absolute Gasteiger partial charge is 0.497 e. The molecule has 0 aliphatic carbocycles. The monoisotopic (exact) mass is 415 g/mol. The van der Waals surface area contributed by atoms with E-state index in [1.807, 2.05) is 0 Å². The van der Waals surface area contributed by atoms with E-state index in [0.717, 1.165) is 0 Å². The second-order valence-corrected chi connectivity index (χ2v) is 7.22. The molecule has 0 amide bonds. The second kappa shape index (κ2) is 8.83. The van der Waals surface area contributed by atoms with Crippen LogP contribution in [0.25, 0.3) is 0 Å². The third-order valence-corrected chi connectivity index (χ3v) is 5.10. The highest BCUT2D eigenvalue weighted by Crippen LogP contribution is 2.32. The van der Waals surface area contributed by atoms with Crippen molar-refractivity contribution in [3.8, 4) is 17.2 Å². The molecule has 0 spiro atoms. The number of methoxy groups -OCH3 is 3. The first-order valence-electron chi connectivity index (χ1n) is 7.54. The minimum absolute atomic E-state index is 0.0272. The van der Waals surface area contributed by atoms with E-state index in [0.29, 0.717) is 11.5 Å². The third-order valence-electron chi connectivity index (χ3n) is 3.44. The minimum Gasteiger partial charge on any atom is -0.497 e. The zero-order chi connectivity index (χ0) is 20.0. The average Bonchev–Trinajstić information content (AvgIpc) is 2.66. The van der Waals surface area contributed by atoms with Gasteiger partial charge < -0.3 is 18.9 Å². The van der Waals surface area contributed by atoms with Crippen LogP contribution in [-0.2, 0) is 19.6 Å². The molecule has 0 aliphatic heterocycles. The Morgan fingerprint density at radius 3 is 2.33 bits per heavy atom. The Kier molecular flexibility index (Phi) is 6.75. The van der Waals surface area contributed by atoms with Crippen molar-refractivity contribution in [3.05, 3.63) is 41.4 Å². The van der Waals surface area contributed by atoms with Gasteiger partial charge in [0.25, 0.3) is 10.0 Å². The summed E-state index contributed by atoms with van der Waals surface area (Å²) in [5, 5.41) is 0.0272. The maximum Gasteiger partial charge on any atom is 0.343 e. The molecule has 0 heterocycles. The summed E-state index contributed by atoms with van der Waals surface area (Å²) in [4.78, 5) is 11.0. The van der Waals surface area contributed by atoms with Crippen molar-refractivity contribution >= 4 is 33.3 Å². The van der Waals surface area contributed by atoms with Gasteiger partial charge in [-0.3, -0.25) is 4.72 Å². The van der Waals surface area contributed by atoms with Gasteiger partial charge in [-0.2, -0.15) is 0 Å². The fourth-order valence-corrected chi connectivity index (χ4v) is 3.45. The Morgan fingerprint density at radius 1 is 1.04 bits per heavy atom. The highest BCUT2D eigenvalue weighted by Gasteiger charge is 2.19. The molecule has 10 heteroatoms. The highest BCUT2D eigenvalue weighted by atomic mass is 35.5. The van der Waals surface area contributed by atoms with Gasteiger partial charge in [0.1, 0.15) is 17.2 Å². The lowest BCUT2D eigenvalue weighted by molar-refractivity contribution is -0.142. The van der Waals surface area contributed by atoms with E-state index in [4.69, 9.17) is 25.8 Å². The van der Waals surface area contributed by atoms with Gasteiger partial charge in [0, 0.05) is 6.07 Å². The van der Waals surface area contributed by atoms with E-state index in [9.17, 15) is 13.2 Å². The summed E-state index contributed by atoms with van der Waals surface area (Å²) >= 11 is 6.06. The highest BCUT2D eigenvalue weighted by molar-refractivity contribution is 7.92. The first kappa shape index (κ1) is 20.7. The van der Waals surface area contributed by atoms with Crippen molar-refractivity contribution in [2.75, 3.05) is 32.7 Å². The molecule has 2 rings (SSSR count). The summed E-state index contributed by atoms with van der Waals surface area (Å²) in [7, 11) is 0.146. The number of benzene rings is 2. The molecular weight excluding hydrogens is 398 g/mol. The van der Waals surface area contributed by atoms with Gasteiger partial charge in [-0.25, -0.2) is 13.2 Å². The van der Waals surface area contributed by atoms with E-state index >= 15 is 0 Å². The van der Waals surface area contributed by atoms with Crippen LogP contribution in [0.5, 0.6) is 17.2 Å². The molecule has 146 valence electrons. The Hall–Kier alpha value is -2.65. The van der Waals surface area contributed by atoms with Crippen LogP contribution >= 0.6 is 11.6 Å². The summed E-state index contributed by atoms with van der Waals surface area (Å²) in [5.41, 5.74) is 0.207. The number of hydrogen-bond donors (Lipinski definition) is 1. The Bertz CT molecular complexity index is 931. The zero-order valence-electron chi connectivity index (χ0n) is 14.8. The van der Waals surface area contributed by atoms with Crippen molar-refractivity contribution in [1.82, 2.24) is 0 Å². The first-order valence-corrected chi connectivity index (χ1v) is 9.41. The average molecular weight is 416 g/mol. The SMILES string of the molecule is COC(=O)COc1ccc(S(=O)(=O)Nc2cc(OC)ccc2OC)cc1Cl. The van der Waals surface area contributed by atoms with E-state index in [2.05, 4.69) is 9.46 Å². The van der Waals surface area contributed by atoms with Crippen LogP contribution in [0.15, 0.2) is 41.3 Å². The lowest BCUT2D eigenvalue weighted by Gasteiger charge is -2.14. The molecule has 1 N–H and O–H groups in total. The van der Waals surface area contributed by atoms with Crippen molar-refractivity contribution < 1.29 is 32.2 Å². The number of halogens is 1. The number of hydrogen-bond acceptors (Lipinski definition) is 7. The molecule has 0 atom stereocenters. The normalized spacial score (nSPS) is 10.8. The summed E-state index contributed by atoms with van der Waals surface area (Å²) in [6.45, 7) is -0.346. The van der Waals surface area contributed by atoms with Gasteiger partial charge in [0.05, 0.1) is 36.9 Å². The fourth-order valence-electron chi connectivity index (χ4n) is 2.06. The molecular formula is C17H18ClNO7S. The predicted molar refractivity (Wildman–Crippen MR) is 99.3 cm³/mol. The van der Waals surface area contributed by atoms with Crippen LogP contribution in [0.4, 0.5) is 5.69 Å². The number of nitrogens with one attached hydrogen (secondary N) is 1. The van der Waals surface area contributed by atoms with Crippen molar-refractivity contribution in [2.24, 2.45) is 0 Å². The quantitative estimate of drug-likeness (QED) is 0.661. The summed E-state index contributed by atoms with van der Waals surface area (Å²) in [5.74, 6) is 0.344. The standard InChI is InChI=1S/C17H18ClNO7S/c1-23-11-4-6-16(24-2)14(8-11)19-27(21,22)12-5-7-15(13(18)9-12)26-10-17(20)25-3/h4-9,19H,10H2,1-3H3. The first-order chi connectivity index (χ1) is 12.8. The molecule has 2 aromatic rings. The van der Waals surface area contributed by atoms with E-state index in [1.54, 1.807) is 12.1 Å². The molecule has 0 fully saturated rings. The van der Waals surface area contributed by atoms with Crippen LogP contribution in [0.3, 0.4) is 0 Å². The van der Waals surface area contributed by atoms with Crippen LogP contribution in [-0.4, -0.2) is 42.3 Å². The number of esters is 1. The van der Waals surface area contributed by atoms with Crippen LogP contribution < -0.4 is 18.9 Å². The molecule has 0 bridgehead atoms. The van der Waals surface area contributed by atoms with E-state index < -0.39 is 16.0 Å². The van der Waals surface area contributed by atoms with Crippen molar-refractivity contribution in [2.45, 2.75) is 4.90 Å². The van der Waals surface area contributed by atoms with Gasteiger partial charge in [-0.1, -0.05) is 11.6 Å². The summed E-state index contributed by atoms with van der Waals surface area (Å²) in [6.07, 6.45) is 0. The minimum atomic E-state index is -3.96. The van der Waals surface area contributed by atoms with Gasteiger partial charge >= 0.3 is 5.97 Å². The summed E-state index contributed by atoms with van der Waals surface area (Å²) in [6, 6.07) is 8.57. The molecule has 8 nitrogen and oxygen atoms in total. The lowest BCUT2D eigenvalue weighted by Crippen LogP contribution is -2.15. The van der Waals surface area contributed by atoms with Gasteiger partial charge in [0.15, 0.2) is 6.61 Å². The number of sulfonamides is 1. The molecule has 0 radical (unpaired) electrons. The second-order valence-electron chi connectivity index (χ2n) is 5.13. The molecule has 27 heavy (non-hydrogen) atoms. The van der Waals surface area contributed by atoms with Gasteiger partial charge in [-0.05, 0) is 30.3 Å². The fraction of sp³-hybridized carbons (Fsp3) is 0.235. The van der Waals surface area contributed by atoms with Crippen molar-refractivity contribution in [1.29, 1.82) is 0 Å². The summed E-state index contributed by atoms with van der Waals surface area (Å²) < 4.78 is 47.7. The molecule has 0 aliphatic rings. The zero-order valence-corrected chi connectivity index (χ0v) is 16.4. The molecule has 0 saturated carbocycles. The van der Waals surface area contributed by atoms with Gasteiger partial charge in [-0.15, -0.1) is 0 Å². The van der Waals surface area contributed by atoms with Crippen LogP contribution in [0, 0.1) is 0 Å². The Labute approximate surface area is 162 Å². The van der Waals surface area contributed by atoms with E-state index in [1.165, 1.54) is 45.6 Å². The van der Waals surface area contributed by atoms with Gasteiger partial charge in [0.2, 0.25) is 0 Å². The van der Waals surface area contributed by atoms with Crippen LogP contribution in [0.2, 0.25) is 5.02 Å². The van der Waals surface area contributed by atoms with Crippen molar-refractivity contribution in [3.63, 3.8) is 0 Å². The van der Waals surface area contributed by atoms with E-state index in [-0.39, 0.29) is 28.0 Å². The maximum absolute atomic E-state index is 12.7. The molecule has 2 aromatic carbocycles. The molecule has 0 saturated heterocycles. The third kappa shape index (κ3) is 5.18. The molecule has 0 unspecified atom stereocenters. The predicted octanol–water partition coefficient (Wildman–Crippen LogP) is 2.71. The smallest absolute Gasteiger partial charge is 0.343 e. The maximum atomic E-state index is 12.7. The number of carbonyl (C=O) groups is 1. The Balaban J connectivity index is 2.27. The topological polar surface area (TPSA) is 100 Å². The lowest BCUT2D eigenvalue weighted by atomic mass is 10.3. The number of ether oxygens (including phenoxy) is 4.